The SMILES string of the molecule is Cc1[nH]ncc1CNCc1cncc2ccccc12. The molecule has 4 heteroatoms. The quantitative estimate of drug-likeness (QED) is 0.750. The largest absolute Gasteiger partial charge is 0.308 e. The zero-order valence-electron chi connectivity index (χ0n) is 10.9. The van der Waals surface area contributed by atoms with E-state index in [0.717, 1.165) is 18.8 Å². The van der Waals surface area contributed by atoms with E-state index in [1.807, 2.05) is 31.6 Å². The van der Waals surface area contributed by atoms with Crippen LogP contribution in [0.2, 0.25) is 0 Å². The Bertz CT molecular complexity index is 682. The zero-order chi connectivity index (χ0) is 13.1. The minimum absolute atomic E-state index is 0.805. The molecule has 2 heterocycles. The van der Waals surface area contributed by atoms with Gasteiger partial charge in [-0.3, -0.25) is 10.1 Å². The van der Waals surface area contributed by atoms with E-state index in [4.69, 9.17) is 0 Å². The number of benzene rings is 1. The second-order valence-electron chi connectivity index (χ2n) is 4.64. The maximum Gasteiger partial charge on any atom is 0.0535 e. The molecule has 19 heavy (non-hydrogen) atoms. The maximum atomic E-state index is 4.29. The predicted octanol–water partition coefficient (Wildman–Crippen LogP) is 2.56. The summed E-state index contributed by atoms with van der Waals surface area (Å²) in [4.78, 5) is 4.29. The number of hydrogen-bond acceptors (Lipinski definition) is 3. The number of rotatable bonds is 4. The van der Waals surface area contributed by atoms with Gasteiger partial charge in [0.15, 0.2) is 0 Å². The van der Waals surface area contributed by atoms with Crippen molar-refractivity contribution >= 4 is 10.8 Å². The molecule has 0 fully saturated rings. The Hall–Kier alpha value is -2.20. The van der Waals surface area contributed by atoms with Crippen molar-refractivity contribution in [1.29, 1.82) is 0 Å². The minimum atomic E-state index is 0.805. The molecule has 3 aromatic rings. The fraction of sp³-hybridized carbons (Fsp3) is 0.200. The first-order chi connectivity index (χ1) is 9.34. The van der Waals surface area contributed by atoms with Crippen molar-refractivity contribution in [2.24, 2.45) is 0 Å². The van der Waals surface area contributed by atoms with Gasteiger partial charge in [-0.05, 0) is 17.9 Å². The van der Waals surface area contributed by atoms with Gasteiger partial charge in [-0.2, -0.15) is 5.10 Å². The van der Waals surface area contributed by atoms with Gasteiger partial charge in [0, 0.05) is 42.1 Å². The lowest BCUT2D eigenvalue weighted by molar-refractivity contribution is 0.692. The number of aromatic nitrogens is 3. The summed E-state index contributed by atoms with van der Waals surface area (Å²) in [5, 5.41) is 12.8. The highest BCUT2D eigenvalue weighted by molar-refractivity contribution is 5.84. The van der Waals surface area contributed by atoms with Crippen molar-refractivity contribution in [1.82, 2.24) is 20.5 Å². The number of pyridine rings is 1. The molecule has 0 spiro atoms. The number of nitrogens with one attached hydrogen (secondary N) is 2. The molecule has 0 aliphatic carbocycles. The molecule has 0 saturated carbocycles. The third-order valence-electron chi connectivity index (χ3n) is 3.32. The van der Waals surface area contributed by atoms with Crippen LogP contribution in [0.1, 0.15) is 16.8 Å². The molecule has 0 saturated heterocycles. The van der Waals surface area contributed by atoms with E-state index in [1.165, 1.54) is 21.9 Å². The van der Waals surface area contributed by atoms with Crippen molar-refractivity contribution in [2.45, 2.75) is 20.0 Å². The highest BCUT2D eigenvalue weighted by Gasteiger charge is 2.02. The molecule has 0 aliphatic heterocycles. The Morgan fingerprint density at radius 2 is 1.89 bits per heavy atom. The van der Waals surface area contributed by atoms with Crippen LogP contribution in [0.3, 0.4) is 0 Å². The number of hydrogen-bond donors (Lipinski definition) is 2. The molecule has 0 bridgehead atoms. The molecule has 2 aromatic heterocycles. The van der Waals surface area contributed by atoms with Crippen LogP contribution in [-0.2, 0) is 13.1 Å². The van der Waals surface area contributed by atoms with Crippen molar-refractivity contribution in [3.8, 4) is 0 Å². The lowest BCUT2D eigenvalue weighted by Gasteiger charge is -2.07. The first-order valence-electron chi connectivity index (χ1n) is 6.36. The Labute approximate surface area is 111 Å². The molecule has 0 atom stereocenters. The molecule has 1 aromatic carbocycles. The van der Waals surface area contributed by atoms with Gasteiger partial charge in [0.2, 0.25) is 0 Å². The van der Waals surface area contributed by atoms with Crippen molar-refractivity contribution < 1.29 is 0 Å². The van der Waals surface area contributed by atoms with Crippen LogP contribution in [0, 0.1) is 6.92 Å². The Kier molecular flexibility index (Phi) is 3.25. The van der Waals surface area contributed by atoms with Crippen molar-refractivity contribution in [2.75, 3.05) is 0 Å². The standard InChI is InChI=1S/C15H16N4/c1-11-13(10-18-19-11)7-17-9-14-8-16-6-12-4-2-3-5-15(12)14/h2-6,8,10,17H,7,9H2,1H3,(H,18,19). The maximum absolute atomic E-state index is 4.29. The lowest BCUT2D eigenvalue weighted by atomic mass is 10.1. The van der Waals surface area contributed by atoms with Crippen molar-refractivity contribution in [3.63, 3.8) is 0 Å². The summed E-state index contributed by atoms with van der Waals surface area (Å²) in [5.74, 6) is 0. The summed E-state index contributed by atoms with van der Waals surface area (Å²) in [5.41, 5.74) is 3.54. The van der Waals surface area contributed by atoms with Crippen LogP contribution in [-0.4, -0.2) is 15.2 Å². The number of nitrogens with zero attached hydrogens (tertiary/aromatic N) is 2. The molecule has 2 N–H and O–H groups in total. The molecule has 0 unspecified atom stereocenters. The second-order valence-corrected chi connectivity index (χ2v) is 4.64. The van der Waals surface area contributed by atoms with Crippen LogP contribution >= 0.6 is 0 Å². The van der Waals surface area contributed by atoms with E-state index < -0.39 is 0 Å². The molecule has 3 rings (SSSR count). The fourth-order valence-corrected chi connectivity index (χ4v) is 2.21. The normalized spacial score (nSPS) is 11.0. The average Bonchev–Trinajstić information content (AvgIpc) is 2.85. The molecule has 4 nitrogen and oxygen atoms in total. The summed E-state index contributed by atoms with van der Waals surface area (Å²) in [6, 6.07) is 8.32. The topological polar surface area (TPSA) is 53.6 Å². The Morgan fingerprint density at radius 3 is 2.74 bits per heavy atom. The summed E-state index contributed by atoms with van der Waals surface area (Å²) in [7, 11) is 0. The number of H-pyrrole nitrogens is 1. The van der Waals surface area contributed by atoms with E-state index in [9.17, 15) is 0 Å². The lowest BCUT2D eigenvalue weighted by Crippen LogP contribution is -2.13. The van der Waals surface area contributed by atoms with Gasteiger partial charge in [0.1, 0.15) is 0 Å². The van der Waals surface area contributed by atoms with Gasteiger partial charge >= 0.3 is 0 Å². The van der Waals surface area contributed by atoms with Crippen LogP contribution in [0.25, 0.3) is 10.8 Å². The smallest absolute Gasteiger partial charge is 0.0535 e. The molecular formula is C15H16N4. The Morgan fingerprint density at radius 1 is 1.05 bits per heavy atom. The monoisotopic (exact) mass is 252 g/mol. The fourth-order valence-electron chi connectivity index (χ4n) is 2.21. The molecule has 0 radical (unpaired) electrons. The second kappa shape index (κ2) is 5.20. The molecule has 0 aliphatic rings. The van der Waals surface area contributed by atoms with E-state index in [0.29, 0.717) is 0 Å². The van der Waals surface area contributed by atoms with Crippen LogP contribution < -0.4 is 5.32 Å². The summed E-state index contributed by atoms with van der Waals surface area (Å²) in [6.45, 7) is 3.65. The van der Waals surface area contributed by atoms with Gasteiger partial charge in [0.25, 0.3) is 0 Å². The highest BCUT2D eigenvalue weighted by Crippen LogP contribution is 2.16. The molecule has 96 valence electrons. The van der Waals surface area contributed by atoms with Gasteiger partial charge in [-0.1, -0.05) is 24.3 Å². The molecular weight excluding hydrogens is 236 g/mol. The van der Waals surface area contributed by atoms with E-state index >= 15 is 0 Å². The Balaban J connectivity index is 1.74. The van der Waals surface area contributed by atoms with Gasteiger partial charge in [0.05, 0.1) is 6.20 Å². The van der Waals surface area contributed by atoms with Crippen LogP contribution in [0.5, 0.6) is 0 Å². The van der Waals surface area contributed by atoms with E-state index in [-0.39, 0.29) is 0 Å². The molecule has 0 amide bonds. The predicted molar refractivity (Wildman–Crippen MR) is 75.6 cm³/mol. The van der Waals surface area contributed by atoms with Crippen molar-refractivity contribution in [3.05, 3.63) is 59.7 Å². The summed E-state index contributed by atoms with van der Waals surface area (Å²) >= 11 is 0. The van der Waals surface area contributed by atoms with Gasteiger partial charge < -0.3 is 5.32 Å². The van der Waals surface area contributed by atoms with Gasteiger partial charge in [-0.25, -0.2) is 0 Å². The highest BCUT2D eigenvalue weighted by atomic mass is 15.1. The summed E-state index contributed by atoms with van der Waals surface area (Å²) in [6.07, 6.45) is 5.69. The van der Waals surface area contributed by atoms with Crippen LogP contribution in [0.4, 0.5) is 0 Å². The van der Waals surface area contributed by atoms with Gasteiger partial charge in [-0.15, -0.1) is 0 Å². The number of fused-ring (bicyclic) bond motifs is 1. The average molecular weight is 252 g/mol. The first-order valence-corrected chi connectivity index (χ1v) is 6.36. The number of aryl methyl sites for hydroxylation is 1. The zero-order valence-corrected chi connectivity index (χ0v) is 10.9. The minimum Gasteiger partial charge on any atom is -0.308 e. The number of aromatic amines is 1. The van der Waals surface area contributed by atoms with E-state index in [1.54, 1.807) is 0 Å². The third kappa shape index (κ3) is 2.48. The van der Waals surface area contributed by atoms with Crippen LogP contribution in [0.15, 0.2) is 42.9 Å². The summed E-state index contributed by atoms with van der Waals surface area (Å²) < 4.78 is 0. The first kappa shape index (κ1) is 11.9. The third-order valence-corrected chi connectivity index (χ3v) is 3.32. The van der Waals surface area contributed by atoms with E-state index in [2.05, 4.69) is 38.7 Å².